The first kappa shape index (κ1) is 15.8. The van der Waals surface area contributed by atoms with E-state index in [9.17, 15) is 9.59 Å². The Labute approximate surface area is 132 Å². The lowest BCUT2D eigenvalue weighted by Crippen LogP contribution is -2.41. The number of carbonyl (C=O) groups is 2. The standard InChI is InChI=1S/C15H18BrNO4/c1-10-3-2-6-17(8-10)14(18)9-21-13-7-11(16)4-5-12(13)15(19)20/h4-5,7,10H,2-3,6,8-9H2,1H3,(H,19,20). The third-order valence-corrected chi connectivity index (χ3v) is 4.03. The van der Waals surface area contributed by atoms with Crippen molar-refractivity contribution in [2.45, 2.75) is 19.8 Å². The fraction of sp³-hybridized carbons (Fsp3) is 0.467. The molecule has 0 spiro atoms. The Hall–Kier alpha value is -1.56. The molecular weight excluding hydrogens is 338 g/mol. The van der Waals surface area contributed by atoms with Gasteiger partial charge in [-0.25, -0.2) is 4.79 Å². The van der Waals surface area contributed by atoms with E-state index in [-0.39, 0.29) is 23.8 Å². The van der Waals surface area contributed by atoms with E-state index in [2.05, 4.69) is 22.9 Å². The van der Waals surface area contributed by atoms with Crippen molar-refractivity contribution in [3.8, 4) is 5.75 Å². The van der Waals surface area contributed by atoms with Crippen LogP contribution in [0.2, 0.25) is 0 Å². The molecule has 2 rings (SSSR count). The van der Waals surface area contributed by atoms with Gasteiger partial charge in [0.15, 0.2) is 6.61 Å². The highest BCUT2D eigenvalue weighted by Gasteiger charge is 2.22. The maximum Gasteiger partial charge on any atom is 0.339 e. The Kier molecular flexibility index (Phi) is 5.22. The van der Waals surface area contributed by atoms with Gasteiger partial charge in [-0.3, -0.25) is 4.79 Å². The molecule has 6 heteroatoms. The highest BCUT2D eigenvalue weighted by atomic mass is 79.9. The van der Waals surface area contributed by atoms with Gasteiger partial charge in [-0.05, 0) is 37.0 Å². The molecule has 1 fully saturated rings. The van der Waals surface area contributed by atoms with Crippen molar-refractivity contribution in [1.29, 1.82) is 0 Å². The van der Waals surface area contributed by atoms with E-state index >= 15 is 0 Å². The lowest BCUT2D eigenvalue weighted by molar-refractivity contribution is -0.135. The zero-order valence-electron chi connectivity index (χ0n) is 11.8. The van der Waals surface area contributed by atoms with E-state index < -0.39 is 5.97 Å². The van der Waals surface area contributed by atoms with E-state index in [4.69, 9.17) is 9.84 Å². The largest absolute Gasteiger partial charge is 0.483 e. The molecule has 114 valence electrons. The summed E-state index contributed by atoms with van der Waals surface area (Å²) in [6.45, 7) is 3.48. The summed E-state index contributed by atoms with van der Waals surface area (Å²) in [6, 6.07) is 4.65. The number of hydrogen-bond donors (Lipinski definition) is 1. The summed E-state index contributed by atoms with van der Waals surface area (Å²) in [4.78, 5) is 25.0. The van der Waals surface area contributed by atoms with E-state index in [1.54, 1.807) is 17.0 Å². The second-order valence-electron chi connectivity index (χ2n) is 5.32. The second-order valence-corrected chi connectivity index (χ2v) is 6.24. The van der Waals surface area contributed by atoms with Crippen LogP contribution in [0.15, 0.2) is 22.7 Å². The number of carboxylic acid groups (broad SMARTS) is 1. The number of benzene rings is 1. The molecule has 1 aliphatic rings. The lowest BCUT2D eigenvalue weighted by atomic mass is 10.0. The Morgan fingerprint density at radius 2 is 2.24 bits per heavy atom. The minimum absolute atomic E-state index is 0.0537. The lowest BCUT2D eigenvalue weighted by Gasteiger charge is -2.30. The van der Waals surface area contributed by atoms with Gasteiger partial charge in [0.1, 0.15) is 11.3 Å². The van der Waals surface area contributed by atoms with Gasteiger partial charge in [0.25, 0.3) is 5.91 Å². The molecule has 1 atom stereocenters. The first-order chi connectivity index (χ1) is 9.97. The molecule has 0 radical (unpaired) electrons. The molecule has 5 nitrogen and oxygen atoms in total. The van der Waals surface area contributed by atoms with Crippen LogP contribution >= 0.6 is 15.9 Å². The van der Waals surface area contributed by atoms with Crippen LogP contribution in [-0.2, 0) is 4.79 Å². The van der Waals surface area contributed by atoms with Crippen LogP contribution in [0.1, 0.15) is 30.1 Å². The highest BCUT2D eigenvalue weighted by Crippen LogP contribution is 2.24. The summed E-state index contributed by atoms with van der Waals surface area (Å²) in [6.07, 6.45) is 2.14. The predicted octanol–water partition coefficient (Wildman–Crippen LogP) is 2.78. The number of halogens is 1. The molecule has 0 saturated carbocycles. The van der Waals surface area contributed by atoms with Crippen LogP contribution in [-0.4, -0.2) is 41.6 Å². The van der Waals surface area contributed by atoms with Gasteiger partial charge in [0, 0.05) is 17.6 Å². The molecule has 1 aromatic rings. The molecule has 1 N–H and O–H groups in total. The van der Waals surface area contributed by atoms with E-state index in [0.717, 1.165) is 25.9 Å². The number of nitrogens with zero attached hydrogens (tertiary/aromatic N) is 1. The van der Waals surface area contributed by atoms with Gasteiger partial charge < -0.3 is 14.7 Å². The fourth-order valence-electron chi connectivity index (χ4n) is 2.44. The average molecular weight is 356 g/mol. The third-order valence-electron chi connectivity index (χ3n) is 3.53. The number of amides is 1. The molecule has 1 amide bonds. The summed E-state index contributed by atoms with van der Waals surface area (Å²) in [7, 11) is 0. The topological polar surface area (TPSA) is 66.8 Å². The van der Waals surface area contributed by atoms with Crippen molar-refractivity contribution in [3.05, 3.63) is 28.2 Å². The Morgan fingerprint density at radius 1 is 1.48 bits per heavy atom. The summed E-state index contributed by atoms with van der Waals surface area (Å²) in [5, 5.41) is 9.11. The number of aromatic carboxylic acids is 1. The van der Waals surface area contributed by atoms with E-state index in [0.29, 0.717) is 10.4 Å². The molecule has 0 bridgehead atoms. The van der Waals surface area contributed by atoms with Crippen molar-refractivity contribution in [2.24, 2.45) is 5.92 Å². The first-order valence-electron chi connectivity index (χ1n) is 6.91. The molecular formula is C15H18BrNO4. The Morgan fingerprint density at radius 3 is 2.90 bits per heavy atom. The first-order valence-corrected chi connectivity index (χ1v) is 7.70. The van der Waals surface area contributed by atoms with Crippen LogP contribution in [0.25, 0.3) is 0 Å². The van der Waals surface area contributed by atoms with Crippen molar-refractivity contribution in [1.82, 2.24) is 4.90 Å². The molecule has 0 aromatic heterocycles. The number of ether oxygens (including phenoxy) is 1. The van der Waals surface area contributed by atoms with Crippen molar-refractivity contribution in [3.63, 3.8) is 0 Å². The molecule has 0 aliphatic carbocycles. The minimum atomic E-state index is -1.07. The molecule has 1 aromatic carbocycles. The molecule has 1 aliphatic heterocycles. The number of hydrogen-bond acceptors (Lipinski definition) is 3. The van der Waals surface area contributed by atoms with Gasteiger partial charge in [-0.1, -0.05) is 22.9 Å². The molecule has 1 saturated heterocycles. The van der Waals surface area contributed by atoms with Crippen LogP contribution in [0.5, 0.6) is 5.75 Å². The van der Waals surface area contributed by atoms with Gasteiger partial charge in [0.05, 0.1) is 0 Å². The van der Waals surface area contributed by atoms with E-state index in [1.807, 2.05) is 0 Å². The van der Waals surface area contributed by atoms with Gasteiger partial charge in [-0.2, -0.15) is 0 Å². The summed E-state index contributed by atoms with van der Waals surface area (Å²) in [5.74, 6) is -0.465. The highest BCUT2D eigenvalue weighted by molar-refractivity contribution is 9.10. The zero-order valence-corrected chi connectivity index (χ0v) is 13.4. The maximum atomic E-state index is 12.1. The number of carbonyl (C=O) groups excluding carboxylic acids is 1. The summed E-state index contributed by atoms with van der Waals surface area (Å²) < 4.78 is 6.14. The number of piperidine rings is 1. The third kappa shape index (κ3) is 4.20. The van der Waals surface area contributed by atoms with Gasteiger partial charge in [-0.15, -0.1) is 0 Å². The van der Waals surface area contributed by atoms with E-state index in [1.165, 1.54) is 6.07 Å². The number of carboxylic acids is 1. The monoisotopic (exact) mass is 355 g/mol. The Balaban J connectivity index is 2.00. The summed E-state index contributed by atoms with van der Waals surface area (Å²) in [5.41, 5.74) is 0.0537. The molecule has 1 unspecified atom stereocenters. The van der Waals surface area contributed by atoms with Gasteiger partial charge in [0.2, 0.25) is 0 Å². The number of likely N-dealkylation sites (tertiary alicyclic amines) is 1. The van der Waals surface area contributed by atoms with Crippen LogP contribution in [0.4, 0.5) is 0 Å². The SMILES string of the molecule is CC1CCCN(C(=O)COc2cc(Br)ccc2C(=O)O)C1. The predicted molar refractivity (Wildman–Crippen MR) is 81.6 cm³/mol. The molecule has 1 heterocycles. The van der Waals surface area contributed by atoms with Crippen molar-refractivity contribution < 1.29 is 19.4 Å². The summed E-state index contributed by atoms with van der Waals surface area (Å²) >= 11 is 3.27. The average Bonchev–Trinajstić information content (AvgIpc) is 2.44. The van der Waals surface area contributed by atoms with Crippen LogP contribution in [0.3, 0.4) is 0 Å². The van der Waals surface area contributed by atoms with Crippen LogP contribution < -0.4 is 4.74 Å². The fourth-order valence-corrected chi connectivity index (χ4v) is 2.78. The molecule has 21 heavy (non-hydrogen) atoms. The van der Waals surface area contributed by atoms with Gasteiger partial charge >= 0.3 is 5.97 Å². The maximum absolute atomic E-state index is 12.1. The zero-order chi connectivity index (χ0) is 15.4. The normalized spacial score (nSPS) is 18.4. The van der Waals surface area contributed by atoms with Crippen molar-refractivity contribution >= 4 is 27.8 Å². The Bertz CT molecular complexity index is 546. The quantitative estimate of drug-likeness (QED) is 0.901. The smallest absolute Gasteiger partial charge is 0.339 e. The minimum Gasteiger partial charge on any atom is -0.483 e. The van der Waals surface area contributed by atoms with Crippen LogP contribution in [0, 0.1) is 5.92 Å². The second kappa shape index (κ2) is 6.93. The number of rotatable bonds is 4. The van der Waals surface area contributed by atoms with Crippen molar-refractivity contribution in [2.75, 3.05) is 19.7 Å².